The summed E-state index contributed by atoms with van der Waals surface area (Å²) in [4.78, 5) is 26.7. The number of amides is 2. The normalized spacial score (nSPS) is 14.7. The summed E-state index contributed by atoms with van der Waals surface area (Å²) in [6.45, 7) is 5.89. The summed E-state index contributed by atoms with van der Waals surface area (Å²) in [5.41, 5.74) is 2.18. The highest BCUT2D eigenvalue weighted by molar-refractivity contribution is 5.95. The number of carbonyl (C=O) groups is 2. The van der Waals surface area contributed by atoms with Crippen LogP contribution in [-0.2, 0) is 4.79 Å². The van der Waals surface area contributed by atoms with Gasteiger partial charge in [0.2, 0.25) is 5.91 Å². The van der Waals surface area contributed by atoms with Gasteiger partial charge >= 0.3 is 0 Å². The average Bonchev–Trinajstić information content (AvgIpc) is 2.78. The van der Waals surface area contributed by atoms with Gasteiger partial charge in [0.15, 0.2) is 0 Å². The summed E-state index contributed by atoms with van der Waals surface area (Å²) in [6.07, 6.45) is 4.40. The number of nitrogens with one attached hydrogen (secondary N) is 2. The molecule has 30 heavy (non-hydrogen) atoms. The summed E-state index contributed by atoms with van der Waals surface area (Å²) >= 11 is 0. The Balaban J connectivity index is 1.49. The van der Waals surface area contributed by atoms with E-state index in [0.717, 1.165) is 43.8 Å². The second kappa shape index (κ2) is 10.7. The molecule has 0 spiro atoms. The molecule has 0 saturated carbocycles. The van der Waals surface area contributed by atoms with Gasteiger partial charge in [0.1, 0.15) is 5.75 Å². The van der Waals surface area contributed by atoms with Gasteiger partial charge in [0.05, 0.1) is 12.6 Å². The lowest BCUT2D eigenvalue weighted by Crippen LogP contribution is -2.35. The van der Waals surface area contributed by atoms with Crippen LogP contribution in [0.4, 0.5) is 11.4 Å². The number of ether oxygens (including phenoxy) is 1. The Morgan fingerprint density at radius 2 is 1.77 bits per heavy atom. The molecule has 1 fully saturated rings. The van der Waals surface area contributed by atoms with Gasteiger partial charge in [-0.1, -0.05) is 13.0 Å². The van der Waals surface area contributed by atoms with Crippen molar-refractivity contribution in [3.63, 3.8) is 0 Å². The van der Waals surface area contributed by atoms with Gasteiger partial charge in [-0.25, -0.2) is 0 Å². The summed E-state index contributed by atoms with van der Waals surface area (Å²) in [5.74, 6) is 0.673. The molecule has 2 N–H and O–H groups in total. The maximum Gasteiger partial charge on any atom is 0.253 e. The highest BCUT2D eigenvalue weighted by atomic mass is 16.5. The molecule has 2 aromatic carbocycles. The lowest BCUT2D eigenvalue weighted by Gasteiger charge is -2.26. The summed E-state index contributed by atoms with van der Waals surface area (Å²) < 4.78 is 5.79. The van der Waals surface area contributed by atoms with E-state index in [2.05, 4.69) is 17.6 Å². The minimum atomic E-state index is -0.149. The van der Waals surface area contributed by atoms with Gasteiger partial charge in [-0.2, -0.15) is 0 Å². The molecule has 1 aliphatic heterocycles. The van der Waals surface area contributed by atoms with E-state index in [1.807, 2.05) is 60.4 Å². The monoisotopic (exact) mass is 409 g/mol. The third-order valence-corrected chi connectivity index (χ3v) is 5.26. The topological polar surface area (TPSA) is 70.7 Å². The van der Waals surface area contributed by atoms with Crippen LogP contribution in [0.2, 0.25) is 0 Å². The Labute approximate surface area is 178 Å². The van der Waals surface area contributed by atoms with Crippen LogP contribution in [0.15, 0.2) is 48.5 Å². The molecule has 3 rings (SSSR count). The minimum absolute atomic E-state index is 0.0819. The first-order valence-electron chi connectivity index (χ1n) is 10.7. The van der Waals surface area contributed by atoms with E-state index in [9.17, 15) is 9.59 Å². The molecule has 0 bridgehead atoms. The van der Waals surface area contributed by atoms with E-state index in [1.165, 1.54) is 6.42 Å². The van der Waals surface area contributed by atoms with Gasteiger partial charge in [0, 0.05) is 36.1 Å². The van der Waals surface area contributed by atoms with Crippen LogP contribution in [0.25, 0.3) is 0 Å². The fourth-order valence-corrected chi connectivity index (χ4v) is 3.36. The van der Waals surface area contributed by atoms with Gasteiger partial charge < -0.3 is 20.3 Å². The smallest absolute Gasteiger partial charge is 0.253 e. The molecular formula is C24H31N3O3. The van der Waals surface area contributed by atoms with Crippen molar-refractivity contribution >= 4 is 23.2 Å². The zero-order chi connectivity index (χ0) is 21.3. The van der Waals surface area contributed by atoms with E-state index < -0.39 is 0 Å². The predicted molar refractivity (Wildman–Crippen MR) is 120 cm³/mol. The second-order valence-corrected chi connectivity index (χ2v) is 7.70. The van der Waals surface area contributed by atoms with Crippen molar-refractivity contribution < 1.29 is 14.3 Å². The second-order valence-electron chi connectivity index (χ2n) is 7.70. The highest BCUT2D eigenvalue weighted by Crippen LogP contribution is 2.19. The number of anilines is 2. The molecule has 0 aromatic heterocycles. The maximum absolute atomic E-state index is 12.5. The summed E-state index contributed by atoms with van der Waals surface area (Å²) in [6, 6.07) is 14.7. The number of hydrogen-bond acceptors (Lipinski definition) is 4. The standard InChI is InChI=1S/C24H31N3O3/c1-3-18(2)30-22-9-7-8-21(16-22)26-23(28)17-25-20-12-10-19(11-13-20)24(29)27-14-5-4-6-15-27/h7-13,16,18,25H,3-6,14-15,17H2,1-2H3,(H,26,28). The number of benzene rings is 2. The van der Waals surface area contributed by atoms with E-state index in [-0.39, 0.29) is 24.5 Å². The largest absolute Gasteiger partial charge is 0.491 e. The maximum atomic E-state index is 12.5. The molecular weight excluding hydrogens is 378 g/mol. The fraction of sp³-hybridized carbons (Fsp3) is 0.417. The van der Waals surface area contributed by atoms with Crippen LogP contribution in [0.1, 0.15) is 49.9 Å². The van der Waals surface area contributed by atoms with Crippen LogP contribution >= 0.6 is 0 Å². The first-order chi connectivity index (χ1) is 14.5. The van der Waals surface area contributed by atoms with E-state index in [1.54, 1.807) is 0 Å². The highest BCUT2D eigenvalue weighted by Gasteiger charge is 2.17. The predicted octanol–water partition coefficient (Wildman–Crippen LogP) is 4.54. The Kier molecular flexibility index (Phi) is 7.71. The van der Waals surface area contributed by atoms with Gasteiger partial charge in [-0.3, -0.25) is 9.59 Å². The Hall–Kier alpha value is -3.02. The molecule has 1 heterocycles. The molecule has 6 heteroatoms. The number of hydrogen-bond donors (Lipinski definition) is 2. The SMILES string of the molecule is CCC(C)Oc1cccc(NC(=O)CNc2ccc(C(=O)N3CCCCC3)cc2)c1. The minimum Gasteiger partial charge on any atom is -0.491 e. The Bertz CT molecular complexity index is 845. The molecule has 2 amide bonds. The molecule has 0 radical (unpaired) electrons. The number of rotatable bonds is 8. The quantitative estimate of drug-likeness (QED) is 0.671. The van der Waals surface area contributed by atoms with Crippen molar-refractivity contribution in [2.24, 2.45) is 0 Å². The van der Waals surface area contributed by atoms with E-state index >= 15 is 0 Å². The molecule has 1 atom stereocenters. The lowest BCUT2D eigenvalue weighted by molar-refractivity contribution is -0.114. The van der Waals surface area contributed by atoms with Crippen molar-refractivity contribution in [1.82, 2.24) is 4.90 Å². The third kappa shape index (κ3) is 6.24. The van der Waals surface area contributed by atoms with Gasteiger partial charge in [0.25, 0.3) is 5.91 Å². The Morgan fingerprint density at radius 1 is 1.03 bits per heavy atom. The summed E-state index contributed by atoms with van der Waals surface area (Å²) in [5, 5.41) is 5.97. The molecule has 1 saturated heterocycles. The number of nitrogens with zero attached hydrogens (tertiary/aromatic N) is 1. The number of piperidine rings is 1. The van der Waals surface area contributed by atoms with Crippen molar-refractivity contribution in [2.45, 2.75) is 45.6 Å². The van der Waals surface area contributed by atoms with Crippen molar-refractivity contribution in [3.05, 3.63) is 54.1 Å². The number of likely N-dealkylation sites (tertiary alicyclic amines) is 1. The molecule has 0 aliphatic carbocycles. The molecule has 1 aliphatic rings. The molecule has 1 unspecified atom stereocenters. The van der Waals surface area contributed by atoms with E-state index in [4.69, 9.17) is 4.74 Å². The van der Waals surface area contributed by atoms with Crippen LogP contribution in [-0.4, -0.2) is 42.5 Å². The molecule has 6 nitrogen and oxygen atoms in total. The van der Waals surface area contributed by atoms with Crippen molar-refractivity contribution in [2.75, 3.05) is 30.3 Å². The first kappa shape index (κ1) is 21.7. The zero-order valence-corrected chi connectivity index (χ0v) is 17.8. The van der Waals surface area contributed by atoms with Crippen LogP contribution in [0, 0.1) is 0 Å². The third-order valence-electron chi connectivity index (χ3n) is 5.26. The summed E-state index contributed by atoms with van der Waals surface area (Å²) in [7, 11) is 0. The van der Waals surface area contributed by atoms with Crippen LogP contribution in [0.3, 0.4) is 0 Å². The van der Waals surface area contributed by atoms with Gasteiger partial charge in [-0.05, 0) is 69.0 Å². The number of carbonyl (C=O) groups excluding carboxylic acids is 2. The van der Waals surface area contributed by atoms with Crippen LogP contribution in [0.5, 0.6) is 5.75 Å². The van der Waals surface area contributed by atoms with E-state index in [0.29, 0.717) is 11.3 Å². The van der Waals surface area contributed by atoms with Crippen LogP contribution < -0.4 is 15.4 Å². The first-order valence-corrected chi connectivity index (χ1v) is 10.7. The average molecular weight is 410 g/mol. The lowest BCUT2D eigenvalue weighted by atomic mass is 10.1. The molecule has 2 aromatic rings. The zero-order valence-electron chi connectivity index (χ0n) is 17.8. The fourth-order valence-electron chi connectivity index (χ4n) is 3.36. The van der Waals surface area contributed by atoms with Gasteiger partial charge in [-0.15, -0.1) is 0 Å². The molecule has 160 valence electrons. The Morgan fingerprint density at radius 3 is 2.47 bits per heavy atom. The van der Waals surface area contributed by atoms with Crippen molar-refractivity contribution in [1.29, 1.82) is 0 Å². The van der Waals surface area contributed by atoms with Crippen molar-refractivity contribution in [3.8, 4) is 5.75 Å².